The monoisotopic (exact) mass is 325 g/mol. The van der Waals surface area contributed by atoms with Gasteiger partial charge < -0.3 is 9.80 Å². The molecule has 24 heavy (non-hydrogen) atoms. The van der Waals surface area contributed by atoms with E-state index in [1.54, 1.807) is 15.9 Å². The number of amides is 2. The number of hydrogen-bond donors (Lipinski definition) is 0. The Morgan fingerprint density at radius 1 is 0.875 bits per heavy atom. The van der Waals surface area contributed by atoms with E-state index in [9.17, 15) is 9.59 Å². The molecule has 1 heterocycles. The van der Waals surface area contributed by atoms with Crippen LogP contribution in [0, 0.1) is 0 Å². The summed E-state index contributed by atoms with van der Waals surface area (Å²) in [6.07, 6.45) is 3.02. The van der Waals surface area contributed by atoms with Crippen LogP contribution < -0.4 is 4.90 Å². The fourth-order valence-corrected chi connectivity index (χ4v) is 2.57. The molecular weight excluding hydrogens is 302 g/mol. The van der Waals surface area contributed by atoms with Gasteiger partial charge in [0.15, 0.2) is 0 Å². The number of benzene rings is 1. The third-order valence-corrected chi connectivity index (χ3v) is 3.91. The summed E-state index contributed by atoms with van der Waals surface area (Å²) in [5.74, 6) is -0.268. The third-order valence-electron chi connectivity index (χ3n) is 3.91. The second-order valence-corrected chi connectivity index (χ2v) is 5.32. The van der Waals surface area contributed by atoms with Gasteiger partial charge >= 0.3 is 0 Å². The van der Waals surface area contributed by atoms with Crippen molar-refractivity contribution in [2.75, 3.05) is 24.5 Å². The van der Waals surface area contributed by atoms with Gasteiger partial charge in [0, 0.05) is 37.7 Å². The Hall–Kier alpha value is -2.69. The van der Waals surface area contributed by atoms with Crippen LogP contribution in [0.2, 0.25) is 0 Å². The van der Waals surface area contributed by atoms with Gasteiger partial charge in [0.25, 0.3) is 11.8 Å². The number of nitrogens with zero attached hydrogens (tertiary/aromatic N) is 3. The molecule has 0 bridgehead atoms. The van der Waals surface area contributed by atoms with Crippen molar-refractivity contribution < 1.29 is 9.59 Å². The van der Waals surface area contributed by atoms with Gasteiger partial charge in [-0.1, -0.05) is 18.2 Å². The summed E-state index contributed by atoms with van der Waals surface area (Å²) in [6.45, 7) is 7.56. The quantitative estimate of drug-likeness (QED) is 0.819. The Balaban J connectivity index is 2.30. The molecule has 2 aromatic rings. The fourth-order valence-electron chi connectivity index (χ4n) is 2.57. The molecule has 0 saturated heterocycles. The van der Waals surface area contributed by atoms with Crippen molar-refractivity contribution >= 4 is 17.5 Å². The molecule has 0 aliphatic carbocycles. The molecule has 5 heteroatoms. The first-order chi connectivity index (χ1) is 11.6. The number of pyridine rings is 1. The Morgan fingerprint density at radius 2 is 1.46 bits per heavy atom. The normalized spacial score (nSPS) is 10.3. The zero-order chi connectivity index (χ0) is 17.5. The Kier molecular flexibility index (Phi) is 6.07. The molecule has 0 aliphatic heterocycles. The van der Waals surface area contributed by atoms with Gasteiger partial charge in [-0.25, -0.2) is 0 Å². The molecular formula is C19H23N3O2. The summed E-state index contributed by atoms with van der Waals surface area (Å²) in [5, 5.41) is 0. The molecule has 0 saturated carbocycles. The minimum absolute atomic E-state index is 0.107. The van der Waals surface area contributed by atoms with Crippen molar-refractivity contribution in [3.63, 3.8) is 0 Å². The number of aromatic nitrogens is 1. The van der Waals surface area contributed by atoms with Crippen molar-refractivity contribution in [2.45, 2.75) is 20.8 Å². The second kappa shape index (κ2) is 8.24. The van der Waals surface area contributed by atoms with Crippen molar-refractivity contribution in [3.05, 3.63) is 59.9 Å². The minimum atomic E-state index is -0.162. The minimum Gasteiger partial charge on any atom is -0.339 e. The lowest BCUT2D eigenvalue weighted by molar-refractivity contribution is 0.0772. The molecule has 0 aliphatic rings. The van der Waals surface area contributed by atoms with E-state index in [0.29, 0.717) is 30.8 Å². The highest BCUT2D eigenvalue weighted by atomic mass is 16.2. The van der Waals surface area contributed by atoms with E-state index in [4.69, 9.17) is 0 Å². The third kappa shape index (κ3) is 3.79. The molecule has 5 nitrogen and oxygen atoms in total. The number of carbonyl (C=O) groups excluding carboxylic acids is 2. The van der Waals surface area contributed by atoms with Gasteiger partial charge in [0.1, 0.15) is 0 Å². The summed E-state index contributed by atoms with van der Waals surface area (Å²) in [5.41, 5.74) is 1.68. The molecule has 0 fully saturated rings. The van der Waals surface area contributed by atoms with E-state index in [1.807, 2.05) is 51.1 Å². The van der Waals surface area contributed by atoms with E-state index in [1.165, 1.54) is 12.4 Å². The van der Waals surface area contributed by atoms with Gasteiger partial charge in [0.2, 0.25) is 0 Å². The van der Waals surface area contributed by atoms with Gasteiger partial charge in [-0.15, -0.1) is 0 Å². The highest BCUT2D eigenvalue weighted by molar-refractivity contribution is 6.07. The smallest absolute Gasteiger partial charge is 0.259 e. The van der Waals surface area contributed by atoms with Crippen LogP contribution in [0.25, 0.3) is 0 Å². The lowest BCUT2D eigenvalue weighted by Crippen LogP contribution is -2.32. The van der Waals surface area contributed by atoms with Crippen molar-refractivity contribution in [3.8, 4) is 0 Å². The topological polar surface area (TPSA) is 53.5 Å². The van der Waals surface area contributed by atoms with E-state index in [2.05, 4.69) is 4.98 Å². The second-order valence-electron chi connectivity index (χ2n) is 5.32. The van der Waals surface area contributed by atoms with Crippen LogP contribution in [-0.2, 0) is 0 Å². The molecule has 0 unspecified atom stereocenters. The molecule has 2 amide bonds. The summed E-state index contributed by atoms with van der Waals surface area (Å²) in [4.78, 5) is 32.7. The first kappa shape index (κ1) is 17.7. The molecule has 0 radical (unpaired) electrons. The van der Waals surface area contributed by atoms with Crippen LogP contribution in [0.3, 0.4) is 0 Å². The lowest BCUT2D eigenvalue weighted by atomic mass is 10.1. The summed E-state index contributed by atoms with van der Waals surface area (Å²) in [6, 6.07) is 11.1. The van der Waals surface area contributed by atoms with Crippen LogP contribution in [0.4, 0.5) is 5.69 Å². The maximum Gasteiger partial charge on any atom is 0.259 e. The van der Waals surface area contributed by atoms with Crippen LogP contribution in [0.15, 0.2) is 48.8 Å². The Bertz CT molecular complexity index is 697. The van der Waals surface area contributed by atoms with Crippen molar-refractivity contribution in [1.82, 2.24) is 9.88 Å². The van der Waals surface area contributed by atoms with Crippen LogP contribution in [-0.4, -0.2) is 41.3 Å². The van der Waals surface area contributed by atoms with Gasteiger partial charge in [0.05, 0.1) is 11.1 Å². The van der Waals surface area contributed by atoms with Crippen molar-refractivity contribution in [1.29, 1.82) is 0 Å². The van der Waals surface area contributed by atoms with Crippen LogP contribution in [0.1, 0.15) is 41.5 Å². The van der Waals surface area contributed by atoms with Crippen LogP contribution >= 0.6 is 0 Å². The molecule has 126 valence electrons. The molecule has 0 atom stereocenters. The van der Waals surface area contributed by atoms with E-state index >= 15 is 0 Å². The van der Waals surface area contributed by atoms with Crippen molar-refractivity contribution in [2.24, 2.45) is 0 Å². The van der Waals surface area contributed by atoms with Gasteiger partial charge in [-0.2, -0.15) is 0 Å². The first-order valence-electron chi connectivity index (χ1n) is 8.23. The Morgan fingerprint density at radius 3 is 2.00 bits per heavy atom. The largest absolute Gasteiger partial charge is 0.339 e. The highest BCUT2D eigenvalue weighted by Crippen LogP contribution is 2.17. The highest BCUT2D eigenvalue weighted by Gasteiger charge is 2.19. The number of anilines is 1. The molecule has 0 N–H and O–H groups in total. The molecule has 0 spiro atoms. The molecule has 1 aromatic heterocycles. The fraction of sp³-hybridized carbons (Fsp3) is 0.316. The zero-order valence-corrected chi connectivity index (χ0v) is 14.4. The number of carbonyl (C=O) groups is 2. The van der Waals surface area contributed by atoms with Gasteiger partial charge in [-0.05, 0) is 39.0 Å². The summed E-state index contributed by atoms with van der Waals surface area (Å²) < 4.78 is 0. The maximum atomic E-state index is 12.8. The maximum absolute atomic E-state index is 12.8. The average Bonchev–Trinajstić information content (AvgIpc) is 2.64. The summed E-state index contributed by atoms with van der Waals surface area (Å²) in [7, 11) is 0. The predicted octanol–water partition coefficient (Wildman–Crippen LogP) is 3.23. The standard InChI is InChI=1S/C19H23N3O2/c1-4-21(5-2)18(23)15-12-16(14-20-13-15)19(24)22(6-3)17-10-8-7-9-11-17/h7-14H,4-6H2,1-3H3. The summed E-state index contributed by atoms with van der Waals surface area (Å²) >= 11 is 0. The number of para-hydroxylation sites is 1. The van der Waals surface area contributed by atoms with E-state index in [-0.39, 0.29) is 11.8 Å². The van der Waals surface area contributed by atoms with Gasteiger partial charge in [-0.3, -0.25) is 14.6 Å². The zero-order valence-electron chi connectivity index (χ0n) is 14.4. The van der Waals surface area contributed by atoms with E-state index < -0.39 is 0 Å². The molecule has 2 rings (SSSR count). The Labute approximate surface area is 142 Å². The van der Waals surface area contributed by atoms with Crippen LogP contribution in [0.5, 0.6) is 0 Å². The number of rotatable bonds is 6. The average molecular weight is 325 g/mol. The first-order valence-corrected chi connectivity index (χ1v) is 8.23. The van der Waals surface area contributed by atoms with E-state index in [0.717, 1.165) is 5.69 Å². The lowest BCUT2D eigenvalue weighted by Gasteiger charge is -2.22. The molecule has 1 aromatic carbocycles. The SMILES string of the molecule is CCN(CC)C(=O)c1cncc(C(=O)N(CC)c2ccccc2)c1. The predicted molar refractivity (Wildman–Crippen MR) is 95.3 cm³/mol. The number of hydrogen-bond acceptors (Lipinski definition) is 3.